The molecule has 0 radical (unpaired) electrons. The average Bonchev–Trinajstić information content (AvgIpc) is 2.18. The largest absolute Gasteiger partial charge is 0.505 e. The summed E-state index contributed by atoms with van der Waals surface area (Å²) in [4.78, 5) is 15.0. The summed E-state index contributed by atoms with van der Waals surface area (Å²) in [6.07, 6.45) is 4.46. The summed E-state index contributed by atoms with van der Waals surface area (Å²) in [6.45, 7) is 2.40. The van der Waals surface area contributed by atoms with E-state index in [0.29, 0.717) is 6.61 Å². The summed E-state index contributed by atoms with van der Waals surface area (Å²) in [5.74, 6) is -0.646. The molecular formula is C10H13NO3. The molecule has 0 aliphatic rings. The van der Waals surface area contributed by atoms with E-state index in [1.54, 1.807) is 0 Å². The highest BCUT2D eigenvalue weighted by molar-refractivity contribution is 5.92. The normalized spacial score (nSPS) is 9.79. The molecule has 0 amide bonds. The molecule has 0 spiro atoms. The molecule has 1 aromatic heterocycles. The first-order chi connectivity index (χ1) is 6.75. The molecule has 1 aromatic rings. The van der Waals surface area contributed by atoms with E-state index in [1.807, 2.05) is 6.92 Å². The fourth-order valence-electron chi connectivity index (χ4n) is 0.946. The van der Waals surface area contributed by atoms with Gasteiger partial charge in [0.25, 0.3) is 0 Å². The van der Waals surface area contributed by atoms with Gasteiger partial charge in [0.05, 0.1) is 12.8 Å². The number of carbonyl (C=O) groups is 1. The minimum Gasteiger partial charge on any atom is -0.505 e. The lowest BCUT2D eigenvalue weighted by atomic mass is 10.2. The molecule has 0 aliphatic carbocycles. The van der Waals surface area contributed by atoms with Gasteiger partial charge in [0.1, 0.15) is 11.3 Å². The molecule has 1 N–H and O–H groups in total. The van der Waals surface area contributed by atoms with E-state index in [2.05, 4.69) is 4.98 Å². The number of aromatic nitrogens is 1. The van der Waals surface area contributed by atoms with E-state index in [0.717, 1.165) is 12.8 Å². The Labute approximate surface area is 82.5 Å². The van der Waals surface area contributed by atoms with Crippen LogP contribution in [0.4, 0.5) is 0 Å². The Balaban J connectivity index is 2.56. The highest BCUT2D eigenvalue weighted by Gasteiger charge is 2.11. The predicted octanol–water partition coefficient (Wildman–Crippen LogP) is 1.74. The van der Waals surface area contributed by atoms with Gasteiger partial charge in [-0.3, -0.25) is 4.98 Å². The van der Waals surface area contributed by atoms with Crippen LogP contribution >= 0.6 is 0 Å². The van der Waals surface area contributed by atoms with E-state index in [-0.39, 0.29) is 11.3 Å². The topological polar surface area (TPSA) is 59.4 Å². The summed E-state index contributed by atoms with van der Waals surface area (Å²) < 4.78 is 4.92. The number of aromatic hydroxyl groups is 1. The lowest BCUT2D eigenvalue weighted by Crippen LogP contribution is -2.06. The van der Waals surface area contributed by atoms with Gasteiger partial charge in [0, 0.05) is 6.20 Å². The van der Waals surface area contributed by atoms with Gasteiger partial charge in [-0.1, -0.05) is 13.3 Å². The molecule has 14 heavy (non-hydrogen) atoms. The first kappa shape index (κ1) is 10.5. The predicted molar refractivity (Wildman–Crippen MR) is 51.1 cm³/mol. The SMILES string of the molecule is CCCCOC(=O)c1ccncc1O. The first-order valence-electron chi connectivity index (χ1n) is 4.55. The summed E-state index contributed by atoms with van der Waals surface area (Å²) in [5.41, 5.74) is 0.163. The molecular weight excluding hydrogens is 182 g/mol. The van der Waals surface area contributed by atoms with Crippen LogP contribution in [0.3, 0.4) is 0 Å². The number of hydrogen-bond acceptors (Lipinski definition) is 4. The van der Waals surface area contributed by atoms with Crippen molar-refractivity contribution in [1.29, 1.82) is 0 Å². The number of esters is 1. The molecule has 0 saturated carbocycles. The zero-order chi connectivity index (χ0) is 10.4. The highest BCUT2D eigenvalue weighted by atomic mass is 16.5. The molecule has 0 saturated heterocycles. The van der Waals surface area contributed by atoms with Crippen molar-refractivity contribution in [1.82, 2.24) is 4.98 Å². The van der Waals surface area contributed by atoms with Crippen LogP contribution in [0.2, 0.25) is 0 Å². The Morgan fingerprint density at radius 1 is 1.64 bits per heavy atom. The van der Waals surface area contributed by atoms with Gasteiger partial charge in [-0.15, -0.1) is 0 Å². The second-order valence-corrected chi connectivity index (χ2v) is 2.88. The maximum atomic E-state index is 11.3. The molecule has 0 aromatic carbocycles. The molecule has 4 heteroatoms. The Bertz CT molecular complexity index is 312. The van der Waals surface area contributed by atoms with Crippen molar-refractivity contribution < 1.29 is 14.6 Å². The minimum absolute atomic E-state index is 0.144. The number of rotatable bonds is 4. The van der Waals surface area contributed by atoms with Crippen molar-refractivity contribution in [3.63, 3.8) is 0 Å². The molecule has 76 valence electrons. The molecule has 0 atom stereocenters. The third-order valence-corrected chi connectivity index (χ3v) is 1.75. The first-order valence-corrected chi connectivity index (χ1v) is 4.55. The van der Waals surface area contributed by atoms with Crippen LogP contribution in [0, 0.1) is 0 Å². The number of ether oxygens (including phenoxy) is 1. The summed E-state index contributed by atoms with van der Waals surface area (Å²) >= 11 is 0. The van der Waals surface area contributed by atoms with Crippen molar-refractivity contribution in [2.75, 3.05) is 6.61 Å². The second-order valence-electron chi connectivity index (χ2n) is 2.88. The van der Waals surface area contributed by atoms with Gasteiger partial charge >= 0.3 is 5.97 Å². The van der Waals surface area contributed by atoms with Crippen LogP contribution in [0.15, 0.2) is 18.5 Å². The number of hydrogen-bond donors (Lipinski definition) is 1. The molecule has 0 aliphatic heterocycles. The number of pyridine rings is 1. The van der Waals surface area contributed by atoms with Crippen molar-refractivity contribution >= 4 is 5.97 Å². The summed E-state index contributed by atoms with van der Waals surface area (Å²) in [6, 6.07) is 1.43. The number of unbranched alkanes of at least 4 members (excludes halogenated alkanes) is 1. The van der Waals surface area contributed by atoms with Gasteiger partial charge in [0.2, 0.25) is 0 Å². The Kier molecular flexibility index (Phi) is 3.91. The lowest BCUT2D eigenvalue weighted by Gasteiger charge is -2.04. The standard InChI is InChI=1S/C10H13NO3/c1-2-3-6-14-10(13)8-4-5-11-7-9(8)12/h4-5,7,12H,2-3,6H2,1H3. The fraction of sp³-hybridized carbons (Fsp3) is 0.400. The van der Waals surface area contributed by atoms with Gasteiger partial charge < -0.3 is 9.84 Å². The quantitative estimate of drug-likeness (QED) is 0.587. The van der Waals surface area contributed by atoms with E-state index >= 15 is 0 Å². The maximum absolute atomic E-state index is 11.3. The van der Waals surface area contributed by atoms with Crippen molar-refractivity contribution in [3.05, 3.63) is 24.0 Å². The van der Waals surface area contributed by atoms with Gasteiger partial charge in [-0.25, -0.2) is 4.79 Å². The van der Waals surface area contributed by atoms with Crippen LogP contribution in [0.1, 0.15) is 30.1 Å². The highest BCUT2D eigenvalue weighted by Crippen LogP contribution is 2.14. The van der Waals surface area contributed by atoms with Crippen molar-refractivity contribution in [3.8, 4) is 5.75 Å². The van der Waals surface area contributed by atoms with E-state index in [4.69, 9.17) is 4.74 Å². The van der Waals surface area contributed by atoms with Crippen LogP contribution in [-0.2, 0) is 4.74 Å². The van der Waals surface area contributed by atoms with Crippen LogP contribution in [0.25, 0.3) is 0 Å². The number of nitrogens with zero attached hydrogens (tertiary/aromatic N) is 1. The second kappa shape index (κ2) is 5.21. The summed E-state index contributed by atoms with van der Waals surface area (Å²) in [5, 5.41) is 9.27. The average molecular weight is 195 g/mol. The Hall–Kier alpha value is -1.58. The zero-order valence-corrected chi connectivity index (χ0v) is 8.06. The molecule has 0 unspecified atom stereocenters. The summed E-state index contributed by atoms with van der Waals surface area (Å²) in [7, 11) is 0. The zero-order valence-electron chi connectivity index (χ0n) is 8.06. The lowest BCUT2D eigenvalue weighted by molar-refractivity contribution is 0.0496. The van der Waals surface area contributed by atoms with Gasteiger partial charge in [-0.05, 0) is 12.5 Å². The smallest absolute Gasteiger partial charge is 0.342 e. The molecule has 0 bridgehead atoms. The maximum Gasteiger partial charge on any atom is 0.342 e. The third-order valence-electron chi connectivity index (χ3n) is 1.75. The Morgan fingerprint density at radius 3 is 3.07 bits per heavy atom. The minimum atomic E-state index is -0.502. The van der Waals surface area contributed by atoms with Crippen LogP contribution < -0.4 is 0 Å². The fourth-order valence-corrected chi connectivity index (χ4v) is 0.946. The van der Waals surface area contributed by atoms with Crippen LogP contribution in [-0.4, -0.2) is 22.7 Å². The van der Waals surface area contributed by atoms with Crippen LogP contribution in [0.5, 0.6) is 5.75 Å². The third kappa shape index (κ3) is 2.73. The van der Waals surface area contributed by atoms with Gasteiger partial charge in [-0.2, -0.15) is 0 Å². The molecule has 4 nitrogen and oxygen atoms in total. The van der Waals surface area contributed by atoms with E-state index < -0.39 is 5.97 Å². The van der Waals surface area contributed by atoms with E-state index in [1.165, 1.54) is 18.5 Å². The van der Waals surface area contributed by atoms with Gasteiger partial charge in [0.15, 0.2) is 0 Å². The monoisotopic (exact) mass is 195 g/mol. The van der Waals surface area contributed by atoms with Crippen molar-refractivity contribution in [2.24, 2.45) is 0 Å². The molecule has 1 heterocycles. The molecule has 1 rings (SSSR count). The van der Waals surface area contributed by atoms with E-state index in [9.17, 15) is 9.90 Å². The Morgan fingerprint density at radius 2 is 2.43 bits per heavy atom. The molecule has 0 fully saturated rings. The van der Waals surface area contributed by atoms with Crippen molar-refractivity contribution in [2.45, 2.75) is 19.8 Å². The number of carbonyl (C=O) groups excluding carboxylic acids is 1.